The van der Waals surface area contributed by atoms with Crippen molar-refractivity contribution in [3.05, 3.63) is 107 Å². The summed E-state index contributed by atoms with van der Waals surface area (Å²) in [6.45, 7) is 11.0. The smallest absolute Gasteiger partial charge is 0.344 e. The largest absolute Gasteiger partial charge is 1.00 e. The van der Waals surface area contributed by atoms with Gasteiger partial charge >= 0.3 is 17.9 Å². The lowest BCUT2D eigenvalue weighted by Crippen LogP contribution is -3.00. The first-order chi connectivity index (χ1) is 32.0. The molecular formula is C54H67ClN4O9. The Labute approximate surface area is 405 Å². The number of aliphatic hydroxyl groups is 2. The molecule has 3 fully saturated rings. The standard InChI is InChI=1S/C54H67N4O9.ClH/c1-9-51-22-16-24-57-25-23-52(45(51)57)39-27-40(43(64-6)28-42(39)56(5)46(52)54(63,49(61)66-8)47(51)67-34(3)59)53(48(60)65-7)30-35-29-50(4,62)32-58(31-35,33(2)36-17-11-10-12-18-36)26-15-20-38-37-19-13-14-21-41(37)55-44(38)53;/h10-14,16-19,21-22,27-28,33,35,45-47,55,62-63H,9,15,20,23-26,29-32H2,1-8H3;1H/q+1;/p-1/t33-,35-,45-,46+,47+,50-,51+,52+,53-,54-,58?;/m0./s1. The molecule has 14 heteroatoms. The molecule has 1 unspecified atom stereocenters. The number of carbonyl (C=O) groups excluding carboxylic acids is 3. The molecule has 0 amide bonds. The Hall–Kier alpha value is -4.92. The van der Waals surface area contributed by atoms with Crippen LogP contribution >= 0.6 is 0 Å². The summed E-state index contributed by atoms with van der Waals surface area (Å²) in [6.07, 6.45) is 6.10. The second-order valence-electron chi connectivity index (χ2n) is 21.1. The number of hydrogen-bond acceptors (Lipinski definition) is 11. The Morgan fingerprint density at radius 1 is 0.956 bits per heavy atom. The number of likely N-dealkylation sites (N-methyl/N-ethyl adjacent to an activating group) is 1. The number of rotatable bonds is 8. The Bertz CT molecular complexity index is 2670. The van der Waals surface area contributed by atoms with E-state index in [-0.39, 0.29) is 30.4 Å². The first-order valence-corrected chi connectivity index (χ1v) is 24.2. The molecule has 3 N–H and O–H groups in total. The number of para-hydroxylation sites is 1. The van der Waals surface area contributed by atoms with Crippen LogP contribution < -0.4 is 22.0 Å². The van der Waals surface area contributed by atoms with Crippen molar-refractivity contribution >= 4 is 34.5 Å². The molecule has 13 nitrogen and oxygen atoms in total. The van der Waals surface area contributed by atoms with Crippen molar-refractivity contribution in [3.63, 3.8) is 0 Å². The van der Waals surface area contributed by atoms with Crippen molar-refractivity contribution < 1.29 is 60.4 Å². The van der Waals surface area contributed by atoms with Gasteiger partial charge in [-0.05, 0) is 75.8 Å². The fourth-order valence-electron chi connectivity index (χ4n) is 15.6. The van der Waals surface area contributed by atoms with E-state index >= 15 is 4.79 Å². The van der Waals surface area contributed by atoms with E-state index in [1.807, 2.05) is 50.1 Å². The summed E-state index contributed by atoms with van der Waals surface area (Å²) in [7, 11) is 6.21. The van der Waals surface area contributed by atoms with E-state index in [0.29, 0.717) is 67.5 Å². The molecule has 11 atom stereocenters. The summed E-state index contributed by atoms with van der Waals surface area (Å²) in [5.41, 5.74) is -0.647. The number of ether oxygens (including phenoxy) is 4. The van der Waals surface area contributed by atoms with Crippen molar-refractivity contribution in [2.24, 2.45) is 11.3 Å². The number of hydrogen-bond donors (Lipinski definition) is 3. The summed E-state index contributed by atoms with van der Waals surface area (Å²) in [5, 5.41) is 27.0. The average Bonchev–Trinajstić information content (AvgIpc) is 3.97. The number of aryl methyl sites for hydroxylation is 1. The molecule has 1 spiro atoms. The minimum atomic E-state index is -2.32. The number of aromatic nitrogens is 1. The number of carbonyl (C=O) groups is 3. The number of anilines is 1. The summed E-state index contributed by atoms with van der Waals surface area (Å²) >= 11 is 0. The number of benzene rings is 3. The lowest BCUT2D eigenvalue weighted by Gasteiger charge is -2.63. The molecule has 0 radical (unpaired) electrons. The van der Waals surface area contributed by atoms with E-state index in [0.717, 1.165) is 52.9 Å². The molecule has 2 bridgehead atoms. The molecule has 6 aliphatic rings. The number of nitrogens with zero attached hydrogens (tertiary/aromatic N) is 3. The van der Waals surface area contributed by atoms with Gasteiger partial charge in [-0.15, -0.1) is 0 Å². The van der Waals surface area contributed by atoms with E-state index in [4.69, 9.17) is 18.9 Å². The van der Waals surface area contributed by atoms with Crippen LogP contribution in [0.3, 0.4) is 0 Å². The van der Waals surface area contributed by atoms with Gasteiger partial charge in [-0.3, -0.25) is 14.5 Å². The summed E-state index contributed by atoms with van der Waals surface area (Å²) < 4.78 is 25.0. The van der Waals surface area contributed by atoms with Crippen molar-refractivity contribution in [2.45, 2.75) is 112 Å². The number of methoxy groups -OCH3 is 3. The van der Waals surface area contributed by atoms with Gasteiger partial charge in [0.1, 0.15) is 29.4 Å². The third kappa shape index (κ3) is 6.51. The second-order valence-corrected chi connectivity index (χ2v) is 21.1. The molecular weight excluding hydrogens is 884 g/mol. The molecule has 68 heavy (non-hydrogen) atoms. The van der Waals surface area contributed by atoms with Gasteiger partial charge in [0.25, 0.3) is 0 Å². The summed E-state index contributed by atoms with van der Waals surface area (Å²) in [4.78, 5) is 51.7. The number of quaternary nitrogens is 1. The van der Waals surface area contributed by atoms with Crippen molar-refractivity contribution in [1.29, 1.82) is 0 Å². The zero-order chi connectivity index (χ0) is 47.5. The Balaban J connectivity index is 0.00000578. The topological polar surface area (TPSA) is 151 Å². The maximum Gasteiger partial charge on any atom is 0.344 e. The van der Waals surface area contributed by atoms with E-state index in [2.05, 4.69) is 71.4 Å². The van der Waals surface area contributed by atoms with E-state index in [1.54, 1.807) is 7.11 Å². The third-order valence-corrected chi connectivity index (χ3v) is 17.7. The molecule has 1 aromatic heterocycles. The number of aromatic amines is 1. The van der Waals surface area contributed by atoms with Gasteiger partial charge in [0.15, 0.2) is 6.10 Å². The minimum Gasteiger partial charge on any atom is -1.00 e. The molecule has 10 rings (SSSR count). The van der Waals surface area contributed by atoms with Gasteiger partial charge in [0, 0.05) is 89.2 Å². The van der Waals surface area contributed by atoms with Crippen LogP contribution in [0.1, 0.15) is 93.8 Å². The lowest BCUT2D eigenvalue weighted by atomic mass is 9.47. The summed E-state index contributed by atoms with van der Waals surface area (Å²) in [5.74, 6) is -1.65. The van der Waals surface area contributed by atoms with Gasteiger partial charge in [0.2, 0.25) is 5.60 Å². The highest BCUT2D eigenvalue weighted by Gasteiger charge is 2.80. The Kier molecular flexibility index (Phi) is 12.0. The Morgan fingerprint density at radius 2 is 1.68 bits per heavy atom. The normalized spacial score (nSPS) is 35.2. The third-order valence-electron chi connectivity index (χ3n) is 17.7. The predicted octanol–water partition coefficient (Wildman–Crippen LogP) is 3.27. The van der Waals surface area contributed by atoms with Crippen molar-refractivity contribution in [1.82, 2.24) is 9.88 Å². The highest BCUT2D eigenvalue weighted by Crippen LogP contribution is 2.68. The Morgan fingerprint density at radius 3 is 2.37 bits per heavy atom. The maximum atomic E-state index is 15.8. The number of nitrogens with one attached hydrogen (secondary N) is 1. The zero-order valence-electron chi connectivity index (χ0n) is 40.6. The van der Waals surface area contributed by atoms with E-state index in [9.17, 15) is 19.8 Å². The van der Waals surface area contributed by atoms with E-state index in [1.165, 1.54) is 26.7 Å². The van der Waals surface area contributed by atoms with Crippen LogP contribution in [0.5, 0.6) is 5.75 Å². The lowest BCUT2D eigenvalue weighted by molar-refractivity contribution is -0.968. The second kappa shape index (κ2) is 16.9. The first-order valence-electron chi connectivity index (χ1n) is 24.2. The van der Waals surface area contributed by atoms with Crippen LogP contribution in [-0.2, 0) is 45.8 Å². The van der Waals surface area contributed by atoms with Gasteiger partial charge in [0.05, 0.1) is 40.5 Å². The maximum absolute atomic E-state index is 15.8. The quantitative estimate of drug-likeness (QED) is 0.103. The van der Waals surface area contributed by atoms with Crippen LogP contribution in [0.2, 0.25) is 0 Å². The van der Waals surface area contributed by atoms with Crippen LogP contribution in [-0.4, -0.2) is 133 Å². The highest BCUT2D eigenvalue weighted by molar-refractivity contribution is 5.95. The fraction of sp³-hybridized carbons (Fsp3) is 0.537. The number of piperidine rings is 1. The number of halogens is 1. The summed E-state index contributed by atoms with van der Waals surface area (Å²) in [6, 6.07) is 21.7. The van der Waals surface area contributed by atoms with Gasteiger partial charge < -0.3 is 55.9 Å². The van der Waals surface area contributed by atoms with Crippen LogP contribution in [0.4, 0.5) is 5.69 Å². The molecule has 5 aliphatic heterocycles. The molecule has 2 saturated heterocycles. The SMILES string of the molecule is CC[C@]12C=CCN3CC[C@@]4(c5cc([C@@]6(C(=O)OC)C[C@@H]7C[C@](C)(O)C[N+]([C@@H](C)c8ccccc8)(CCCc8c6[nH]c6ccccc86)C7)c(OC)cc5N(C)[C@H]4[C@@](O)(C(=O)OC)[C@@H]1OC(C)=O)[C@@H]32.[Cl-]. The molecule has 4 aromatic rings. The molecule has 3 aromatic carbocycles. The predicted molar refractivity (Wildman–Crippen MR) is 254 cm³/mol. The van der Waals surface area contributed by atoms with Crippen LogP contribution in [0, 0.1) is 11.3 Å². The molecule has 6 heterocycles. The number of H-pyrrole nitrogens is 1. The fourth-order valence-corrected chi connectivity index (χ4v) is 15.6. The highest BCUT2D eigenvalue weighted by atomic mass is 35.5. The monoisotopic (exact) mass is 950 g/mol. The number of esters is 3. The van der Waals surface area contributed by atoms with E-state index < -0.39 is 57.5 Å². The first kappa shape index (κ1) is 48.1. The zero-order valence-corrected chi connectivity index (χ0v) is 41.4. The van der Waals surface area contributed by atoms with Crippen LogP contribution in [0.25, 0.3) is 10.9 Å². The minimum absolute atomic E-state index is 0. The van der Waals surface area contributed by atoms with Crippen LogP contribution in [0.15, 0.2) is 78.9 Å². The van der Waals surface area contributed by atoms with Gasteiger partial charge in [-0.25, -0.2) is 4.79 Å². The van der Waals surface area contributed by atoms with Crippen molar-refractivity contribution in [2.75, 3.05) is 66.0 Å². The molecule has 364 valence electrons. The van der Waals surface area contributed by atoms with Gasteiger partial charge in [-0.2, -0.15) is 0 Å². The average molecular weight is 952 g/mol. The van der Waals surface area contributed by atoms with Crippen molar-refractivity contribution in [3.8, 4) is 5.75 Å². The molecule has 1 aliphatic carbocycles. The van der Waals surface area contributed by atoms with Gasteiger partial charge in [-0.1, -0.05) is 67.6 Å². The number of fused-ring (bicyclic) bond motifs is 6. The molecule has 1 saturated carbocycles.